The second kappa shape index (κ2) is 5.45. The zero-order valence-corrected chi connectivity index (χ0v) is 7.61. The molecule has 13 heavy (non-hydrogen) atoms. The fraction of sp³-hybridized carbons (Fsp3) is 0.300. The molecule has 3 nitrogen and oxygen atoms in total. The molecule has 0 aromatic carbocycles. The van der Waals surface area contributed by atoms with Crippen molar-refractivity contribution in [3.8, 4) is 0 Å². The molecule has 0 saturated carbocycles. The summed E-state index contributed by atoms with van der Waals surface area (Å²) in [5.41, 5.74) is 3.79. The van der Waals surface area contributed by atoms with Crippen LogP contribution in [0.1, 0.15) is 12.1 Å². The molecule has 1 aromatic rings. The molecule has 0 saturated heterocycles. The van der Waals surface area contributed by atoms with Gasteiger partial charge in [0.15, 0.2) is 0 Å². The van der Waals surface area contributed by atoms with E-state index in [4.69, 9.17) is 5.84 Å². The highest BCUT2D eigenvalue weighted by atomic mass is 15.2. The van der Waals surface area contributed by atoms with Crippen molar-refractivity contribution in [1.82, 2.24) is 10.4 Å². The molecule has 0 bridgehead atoms. The Balaban J connectivity index is 2.51. The maximum atomic E-state index is 5.38. The van der Waals surface area contributed by atoms with E-state index in [0.717, 1.165) is 18.5 Å². The third kappa shape index (κ3) is 3.36. The van der Waals surface area contributed by atoms with E-state index >= 15 is 0 Å². The van der Waals surface area contributed by atoms with Crippen molar-refractivity contribution in [2.75, 3.05) is 0 Å². The van der Waals surface area contributed by atoms with Gasteiger partial charge in [-0.3, -0.25) is 16.3 Å². The molecular formula is C10H15N3. The van der Waals surface area contributed by atoms with Crippen molar-refractivity contribution < 1.29 is 0 Å². The van der Waals surface area contributed by atoms with E-state index in [0.29, 0.717) is 0 Å². The number of hydrogen-bond acceptors (Lipinski definition) is 3. The molecule has 1 unspecified atom stereocenters. The summed E-state index contributed by atoms with van der Waals surface area (Å²) >= 11 is 0. The van der Waals surface area contributed by atoms with Crippen LogP contribution < -0.4 is 11.3 Å². The SMILES string of the molecule is C=CCC(Cc1ccccn1)NN. The van der Waals surface area contributed by atoms with Crippen molar-refractivity contribution >= 4 is 0 Å². The number of hydrogen-bond donors (Lipinski definition) is 2. The first-order valence-electron chi connectivity index (χ1n) is 4.33. The predicted molar refractivity (Wildman–Crippen MR) is 53.9 cm³/mol. The second-order valence-corrected chi connectivity index (χ2v) is 2.91. The minimum Gasteiger partial charge on any atom is -0.271 e. The van der Waals surface area contributed by atoms with Gasteiger partial charge in [0.25, 0.3) is 0 Å². The van der Waals surface area contributed by atoms with Crippen LogP contribution in [-0.4, -0.2) is 11.0 Å². The molecule has 1 rings (SSSR count). The third-order valence-corrected chi connectivity index (χ3v) is 1.87. The Morgan fingerprint density at radius 2 is 2.46 bits per heavy atom. The van der Waals surface area contributed by atoms with Crippen LogP contribution >= 0.6 is 0 Å². The molecule has 0 aliphatic heterocycles. The summed E-state index contributed by atoms with van der Waals surface area (Å²) in [7, 11) is 0. The lowest BCUT2D eigenvalue weighted by Crippen LogP contribution is -2.36. The molecule has 1 atom stereocenters. The maximum absolute atomic E-state index is 5.38. The van der Waals surface area contributed by atoms with Crippen LogP contribution in [0.15, 0.2) is 37.1 Å². The average molecular weight is 177 g/mol. The van der Waals surface area contributed by atoms with E-state index < -0.39 is 0 Å². The molecule has 0 aliphatic rings. The molecule has 1 heterocycles. The van der Waals surface area contributed by atoms with Crippen LogP contribution in [-0.2, 0) is 6.42 Å². The van der Waals surface area contributed by atoms with E-state index in [1.807, 2.05) is 24.3 Å². The van der Waals surface area contributed by atoms with Gasteiger partial charge in [0.1, 0.15) is 0 Å². The molecule has 3 N–H and O–H groups in total. The van der Waals surface area contributed by atoms with Crippen molar-refractivity contribution in [3.05, 3.63) is 42.7 Å². The molecule has 1 aromatic heterocycles. The minimum atomic E-state index is 0.229. The van der Waals surface area contributed by atoms with Gasteiger partial charge in [0, 0.05) is 24.4 Å². The van der Waals surface area contributed by atoms with Crippen LogP contribution in [0.4, 0.5) is 0 Å². The Morgan fingerprint density at radius 3 is 3.00 bits per heavy atom. The van der Waals surface area contributed by atoms with Gasteiger partial charge in [-0.2, -0.15) is 0 Å². The number of rotatable bonds is 5. The summed E-state index contributed by atoms with van der Waals surface area (Å²) < 4.78 is 0. The summed E-state index contributed by atoms with van der Waals surface area (Å²) in [6, 6.07) is 6.10. The van der Waals surface area contributed by atoms with E-state index in [1.54, 1.807) is 6.20 Å². The van der Waals surface area contributed by atoms with Gasteiger partial charge >= 0.3 is 0 Å². The summed E-state index contributed by atoms with van der Waals surface area (Å²) in [4.78, 5) is 4.22. The third-order valence-electron chi connectivity index (χ3n) is 1.87. The lowest BCUT2D eigenvalue weighted by Gasteiger charge is -2.12. The molecule has 0 fully saturated rings. The first kappa shape index (κ1) is 9.89. The number of pyridine rings is 1. The van der Waals surface area contributed by atoms with Gasteiger partial charge < -0.3 is 0 Å². The molecule has 0 aliphatic carbocycles. The molecular weight excluding hydrogens is 162 g/mol. The Labute approximate surface area is 78.6 Å². The van der Waals surface area contributed by atoms with Gasteiger partial charge in [-0.25, -0.2) is 0 Å². The second-order valence-electron chi connectivity index (χ2n) is 2.91. The van der Waals surface area contributed by atoms with Gasteiger partial charge in [0.05, 0.1) is 0 Å². The number of nitrogens with two attached hydrogens (primary N) is 1. The lowest BCUT2D eigenvalue weighted by atomic mass is 10.1. The summed E-state index contributed by atoms with van der Waals surface area (Å²) in [5, 5.41) is 0. The first-order valence-corrected chi connectivity index (χ1v) is 4.33. The van der Waals surface area contributed by atoms with Gasteiger partial charge in [-0.05, 0) is 18.6 Å². The Hall–Kier alpha value is -1.19. The van der Waals surface area contributed by atoms with Crippen LogP contribution in [0.2, 0.25) is 0 Å². The van der Waals surface area contributed by atoms with Crippen LogP contribution in [0.25, 0.3) is 0 Å². The fourth-order valence-corrected chi connectivity index (χ4v) is 1.18. The van der Waals surface area contributed by atoms with E-state index in [1.165, 1.54) is 0 Å². The van der Waals surface area contributed by atoms with Crippen molar-refractivity contribution in [2.45, 2.75) is 18.9 Å². The normalized spacial score (nSPS) is 12.4. The highest BCUT2D eigenvalue weighted by Gasteiger charge is 2.05. The van der Waals surface area contributed by atoms with Crippen molar-refractivity contribution in [2.24, 2.45) is 5.84 Å². The van der Waals surface area contributed by atoms with E-state index in [9.17, 15) is 0 Å². The Bertz CT molecular complexity index is 246. The summed E-state index contributed by atoms with van der Waals surface area (Å²) in [6.45, 7) is 3.67. The molecule has 0 amide bonds. The average Bonchev–Trinajstić information content (AvgIpc) is 2.19. The highest BCUT2D eigenvalue weighted by molar-refractivity contribution is 5.05. The van der Waals surface area contributed by atoms with Crippen LogP contribution in [0.5, 0.6) is 0 Å². The largest absolute Gasteiger partial charge is 0.271 e. The zero-order chi connectivity index (χ0) is 9.52. The van der Waals surface area contributed by atoms with E-state index in [-0.39, 0.29) is 6.04 Å². The fourth-order valence-electron chi connectivity index (χ4n) is 1.18. The Morgan fingerprint density at radius 1 is 1.62 bits per heavy atom. The van der Waals surface area contributed by atoms with Gasteiger partial charge in [-0.1, -0.05) is 12.1 Å². The smallest absolute Gasteiger partial charge is 0.0419 e. The number of hydrazine groups is 1. The van der Waals surface area contributed by atoms with Gasteiger partial charge in [0.2, 0.25) is 0 Å². The maximum Gasteiger partial charge on any atom is 0.0419 e. The Kier molecular flexibility index (Phi) is 4.15. The first-order chi connectivity index (χ1) is 6.36. The zero-order valence-electron chi connectivity index (χ0n) is 7.61. The monoisotopic (exact) mass is 177 g/mol. The standard InChI is InChI=1S/C10H15N3/c1-2-5-10(13-11)8-9-6-3-4-7-12-9/h2-4,6-7,10,13H,1,5,8,11H2. The topological polar surface area (TPSA) is 50.9 Å². The van der Waals surface area contributed by atoms with Crippen molar-refractivity contribution in [3.63, 3.8) is 0 Å². The molecule has 0 radical (unpaired) electrons. The van der Waals surface area contributed by atoms with Crippen LogP contribution in [0.3, 0.4) is 0 Å². The number of nitrogens with zero attached hydrogens (tertiary/aromatic N) is 1. The molecule has 0 spiro atoms. The minimum absolute atomic E-state index is 0.229. The lowest BCUT2D eigenvalue weighted by molar-refractivity contribution is 0.526. The van der Waals surface area contributed by atoms with Gasteiger partial charge in [-0.15, -0.1) is 6.58 Å². The quantitative estimate of drug-likeness (QED) is 0.401. The summed E-state index contributed by atoms with van der Waals surface area (Å²) in [5.74, 6) is 5.38. The summed E-state index contributed by atoms with van der Waals surface area (Å²) in [6.07, 6.45) is 5.33. The molecule has 70 valence electrons. The number of aromatic nitrogens is 1. The predicted octanol–water partition coefficient (Wildman–Crippen LogP) is 1.03. The molecule has 3 heteroatoms. The number of nitrogens with one attached hydrogen (secondary N) is 1. The van der Waals surface area contributed by atoms with E-state index in [2.05, 4.69) is 17.0 Å². The van der Waals surface area contributed by atoms with Crippen LogP contribution in [0, 0.1) is 0 Å². The highest BCUT2D eigenvalue weighted by Crippen LogP contribution is 2.01. The van der Waals surface area contributed by atoms with Crippen molar-refractivity contribution in [1.29, 1.82) is 0 Å².